The first-order valence-corrected chi connectivity index (χ1v) is 19.9. The van der Waals surface area contributed by atoms with Crippen LogP contribution in [0.25, 0.3) is 0 Å². The van der Waals surface area contributed by atoms with Gasteiger partial charge < -0.3 is 42.6 Å². The molecule has 328 valence electrons. The van der Waals surface area contributed by atoms with Gasteiger partial charge in [0.15, 0.2) is 18.3 Å². The van der Waals surface area contributed by atoms with Crippen LogP contribution in [0.3, 0.4) is 0 Å². The highest BCUT2D eigenvalue weighted by molar-refractivity contribution is 5.91. The second-order valence-electron chi connectivity index (χ2n) is 16.2. The van der Waals surface area contributed by atoms with Crippen molar-refractivity contribution in [3.8, 4) is 0 Å². The van der Waals surface area contributed by atoms with Crippen LogP contribution < -0.4 is 0 Å². The zero-order valence-corrected chi connectivity index (χ0v) is 35.0. The Kier molecular flexibility index (Phi) is 12.6. The fourth-order valence-corrected chi connectivity index (χ4v) is 9.72. The van der Waals surface area contributed by atoms with E-state index in [0.717, 1.165) is 34.6 Å². The van der Waals surface area contributed by atoms with Crippen LogP contribution in [0.1, 0.15) is 88.2 Å². The summed E-state index contributed by atoms with van der Waals surface area (Å²) in [4.78, 5) is 113. The fraction of sp³-hybridized carbons (Fsp3) is 0.558. The molecule has 2 aromatic rings. The lowest BCUT2D eigenvalue weighted by Gasteiger charge is -2.65. The van der Waals surface area contributed by atoms with Crippen molar-refractivity contribution in [2.45, 2.75) is 116 Å². The summed E-state index contributed by atoms with van der Waals surface area (Å²) >= 11 is 0. The molecule has 1 aromatic heterocycles. The zero-order valence-electron chi connectivity index (χ0n) is 35.0. The van der Waals surface area contributed by atoms with Gasteiger partial charge in [0, 0.05) is 46.7 Å². The quantitative estimate of drug-likeness (QED) is 0.274. The normalized spacial score (nSPS) is 34.1. The summed E-state index contributed by atoms with van der Waals surface area (Å²) in [6.07, 6.45) is -8.90. The van der Waals surface area contributed by atoms with Crippen LogP contribution in [-0.4, -0.2) is 114 Å². The van der Waals surface area contributed by atoms with E-state index in [9.17, 15) is 38.4 Å². The highest BCUT2D eigenvalue weighted by Gasteiger charge is 2.88. The van der Waals surface area contributed by atoms with Crippen LogP contribution in [0.15, 0.2) is 48.7 Å². The second-order valence-corrected chi connectivity index (χ2v) is 16.2. The van der Waals surface area contributed by atoms with E-state index in [1.54, 1.807) is 25.1 Å². The molecule has 61 heavy (non-hydrogen) atoms. The molecular formula is C43H49NO17. The molecule has 1 saturated heterocycles. The maximum absolute atomic E-state index is 14.4. The van der Waals surface area contributed by atoms with Gasteiger partial charge in [-0.05, 0) is 44.0 Å². The van der Waals surface area contributed by atoms with Gasteiger partial charge in [0.25, 0.3) is 0 Å². The van der Waals surface area contributed by atoms with Crippen molar-refractivity contribution in [3.63, 3.8) is 0 Å². The summed E-state index contributed by atoms with van der Waals surface area (Å²) in [6, 6.07) is 10.7. The predicted octanol–water partition coefficient (Wildman–Crippen LogP) is 3.04. The monoisotopic (exact) mass is 851 g/mol. The lowest BCUT2D eigenvalue weighted by Crippen LogP contribution is -2.84. The van der Waals surface area contributed by atoms with E-state index in [1.807, 2.05) is 0 Å². The molecule has 1 aromatic carbocycles. The number of carbonyl (C=O) groups is 8. The molecule has 18 nitrogen and oxygen atoms in total. The lowest BCUT2D eigenvalue weighted by atomic mass is 9.46. The van der Waals surface area contributed by atoms with Crippen molar-refractivity contribution in [2.24, 2.45) is 23.2 Å². The maximum Gasteiger partial charge on any atom is 0.340 e. The number of nitrogens with zero attached hydrogens (tertiary/aromatic N) is 1. The van der Waals surface area contributed by atoms with Crippen molar-refractivity contribution in [1.29, 1.82) is 0 Å². The molecule has 18 heteroatoms. The van der Waals surface area contributed by atoms with Crippen LogP contribution in [0.5, 0.6) is 0 Å². The molecule has 0 N–H and O–H groups in total. The number of esters is 8. The summed E-state index contributed by atoms with van der Waals surface area (Å²) in [7, 11) is 0. The average Bonchev–Trinajstić information content (AvgIpc) is 3.41. The first-order chi connectivity index (χ1) is 28.8. The van der Waals surface area contributed by atoms with E-state index in [4.69, 9.17) is 42.6 Å². The van der Waals surface area contributed by atoms with Gasteiger partial charge in [0.1, 0.15) is 48.1 Å². The molecule has 1 spiro atoms. The minimum Gasteiger partial charge on any atom is -0.465 e. The van der Waals surface area contributed by atoms with Crippen LogP contribution in [-0.2, 0) is 77.8 Å². The third kappa shape index (κ3) is 8.04. The molecule has 0 amide bonds. The molecule has 6 rings (SSSR count). The Morgan fingerprint density at radius 3 is 1.97 bits per heavy atom. The number of rotatable bonds is 8. The van der Waals surface area contributed by atoms with Crippen LogP contribution in [0.2, 0.25) is 0 Å². The molecule has 0 unspecified atom stereocenters. The first kappa shape index (κ1) is 44.6. The van der Waals surface area contributed by atoms with Crippen molar-refractivity contribution in [3.05, 3.63) is 65.5 Å². The SMILES string of the molecule is CC(=O)OC[C@@]12[C@H](OC(C)=O)[C@@H](OC(C)=O)[C@H]3[C@@H](OC(C)=O)[C@]14O[C@]3(C)COC(=O)c1cccnc1CC[C@H](C)C(=O)O[C@H]([C@H](OC(=O)c1ccccc1)[C@@H]2OC(C)=O)[C@@H]4C. The van der Waals surface area contributed by atoms with E-state index in [-0.39, 0.29) is 24.0 Å². The van der Waals surface area contributed by atoms with Gasteiger partial charge in [0.05, 0.1) is 28.7 Å². The van der Waals surface area contributed by atoms with Crippen LogP contribution in [0, 0.1) is 23.2 Å². The van der Waals surface area contributed by atoms with Crippen LogP contribution >= 0.6 is 0 Å². The molecule has 0 radical (unpaired) electrons. The van der Waals surface area contributed by atoms with Crippen molar-refractivity contribution < 1.29 is 81.0 Å². The smallest absolute Gasteiger partial charge is 0.340 e. The minimum absolute atomic E-state index is 0.0383. The van der Waals surface area contributed by atoms with Gasteiger partial charge in [-0.1, -0.05) is 32.0 Å². The van der Waals surface area contributed by atoms with Gasteiger partial charge in [0.2, 0.25) is 0 Å². The summed E-state index contributed by atoms with van der Waals surface area (Å²) < 4.78 is 56.1. The molecule has 4 aliphatic rings. The fourth-order valence-electron chi connectivity index (χ4n) is 9.72. The number of carbonyl (C=O) groups excluding carboxylic acids is 8. The van der Waals surface area contributed by atoms with Gasteiger partial charge in [-0.2, -0.15) is 0 Å². The Morgan fingerprint density at radius 2 is 1.36 bits per heavy atom. The number of aromatic nitrogens is 1. The van der Waals surface area contributed by atoms with Gasteiger partial charge in [-0.25, -0.2) is 9.59 Å². The van der Waals surface area contributed by atoms with Gasteiger partial charge in [-0.3, -0.25) is 33.8 Å². The number of cyclic esters (lactones) is 1. The summed E-state index contributed by atoms with van der Waals surface area (Å²) in [5.41, 5.74) is -6.09. The van der Waals surface area contributed by atoms with Crippen molar-refractivity contribution in [1.82, 2.24) is 4.98 Å². The molecule has 2 aliphatic heterocycles. The second kappa shape index (κ2) is 17.2. The maximum atomic E-state index is 14.4. The Bertz CT molecular complexity index is 2090. The molecular weight excluding hydrogens is 802 g/mol. The van der Waals surface area contributed by atoms with Gasteiger partial charge in [-0.15, -0.1) is 0 Å². The average molecular weight is 852 g/mol. The number of ether oxygens (including phenoxy) is 9. The van der Waals surface area contributed by atoms with E-state index in [2.05, 4.69) is 4.98 Å². The molecule has 4 bridgehead atoms. The van der Waals surface area contributed by atoms with E-state index < -0.39 is 132 Å². The summed E-state index contributed by atoms with van der Waals surface area (Å²) in [5, 5.41) is 0. The number of aryl methyl sites for hydroxylation is 1. The van der Waals surface area contributed by atoms with E-state index >= 15 is 0 Å². The molecule has 2 aliphatic carbocycles. The number of hydrogen-bond acceptors (Lipinski definition) is 18. The number of hydrogen-bond donors (Lipinski definition) is 0. The molecule has 3 fully saturated rings. The standard InChI is InChI=1S/C43H49NO17/c1-21-16-17-30-29(15-12-18-44-30)40(52)54-19-41(8)31-33(55-24(4)46)36(57-26(6)48)42(20-53-23(3)45)37(58-27(7)49)34(60-39(51)28-13-10-9-11-14-28)32(59-38(21)50)22(2)43(42,61-41)35(31)56-25(5)47/h9-15,18,21-22,31-37H,16-17,19-20H2,1-8H3/t21-,22-,31-,32-,33-,34-,35+,36+,37-,41+,42-,43-/m0/s1. The largest absolute Gasteiger partial charge is 0.465 e. The molecule has 3 heterocycles. The molecule has 2 saturated carbocycles. The van der Waals surface area contributed by atoms with E-state index in [1.165, 1.54) is 44.3 Å². The Morgan fingerprint density at radius 1 is 0.754 bits per heavy atom. The Hall–Kier alpha value is -5.91. The van der Waals surface area contributed by atoms with Crippen molar-refractivity contribution >= 4 is 47.8 Å². The van der Waals surface area contributed by atoms with Gasteiger partial charge >= 0.3 is 47.8 Å². The number of fused-ring (bicyclic) bond motifs is 5. The third-order valence-electron chi connectivity index (χ3n) is 12.1. The first-order valence-electron chi connectivity index (χ1n) is 19.9. The lowest BCUT2D eigenvalue weighted by molar-refractivity contribution is -0.348. The number of pyridine rings is 1. The Labute approximate surface area is 351 Å². The van der Waals surface area contributed by atoms with Crippen molar-refractivity contribution in [2.75, 3.05) is 13.2 Å². The third-order valence-corrected chi connectivity index (χ3v) is 12.1. The summed E-state index contributed by atoms with van der Waals surface area (Å²) in [6.45, 7) is 8.38. The minimum atomic E-state index is -2.37. The topological polar surface area (TPSA) is 233 Å². The zero-order chi connectivity index (χ0) is 44.6. The van der Waals surface area contributed by atoms with E-state index in [0.29, 0.717) is 5.69 Å². The molecule has 12 atom stereocenters. The number of benzene rings is 1. The van der Waals surface area contributed by atoms with Crippen LogP contribution in [0.4, 0.5) is 0 Å². The summed E-state index contributed by atoms with van der Waals surface area (Å²) in [5.74, 6) is -10.9. The predicted molar refractivity (Wildman–Crippen MR) is 204 cm³/mol. The highest BCUT2D eigenvalue weighted by Crippen LogP contribution is 2.69. The Balaban J connectivity index is 1.74. The highest BCUT2D eigenvalue weighted by atomic mass is 16.7.